The second-order valence-electron chi connectivity index (χ2n) is 5.53. The zero-order chi connectivity index (χ0) is 16.1. The van der Waals surface area contributed by atoms with Gasteiger partial charge in [-0.25, -0.2) is 4.98 Å². The lowest BCUT2D eigenvalue weighted by Crippen LogP contribution is -2.37. The van der Waals surface area contributed by atoms with Gasteiger partial charge in [-0.15, -0.1) is 23.7 Å². The van der Waals surface area contributed by atoms with Gasteiger partial charge < -0.3 is 15.4 Å². The fraction of sp³-hybridized carbons (Fsp3) is 0.412. The molecule has 7 heteroatoms. The van der Waals surface area contributed by atoms with E-state index in [0.29, 0.717) is 11.7 Å². The second kappa shape index (κ2) is 9.01. The van der Waals surface area contributed by atoms with Crippen LogP contribution in [-0.4, -0.2) is 30.6 Å². The molecule has 1 aromatic carbocycles. The first-order chi connectivity index (χ1) is 11.3. The number of aromatic nitrogens is 1. The van der Waals surface area contributed by atoms with E-state index >= 15 is 0 Å². The molecule has 0 aliphatic carbocycles. The number of benzene rings is 1. The highest BCUT2D eigenvalue weighted by atomic mass is 35.5. The van der Waals surface area contributed by atoms with Gasteiger partial charge in [0.2, 0.25) is 5.91 Å². The lowest BCUT2D eigenvalue weighted by Gasteiger charge is -2.21. The molecule has 1 atom stereocenters. The van der Waals surface area contributed by atoms with Crippen molar-refractivity contribution >= 4 is 34.8 Å². The second-order valence-corrected chi connectivity index (χ2v) is 6.39. The Kier molecular flexibility index (Phi) is 7.02. The van der Waals surface area contributed by atoms with Gasteiger partial charge in [0.15, 0.2) is 5.13 Å². The molecule has 1 aliphatic heterocycles. The minimum Gasteiger partial charge on any atom is -0.494 e. The smallest absolute Gasteiger partial charge is 0.230 e. The largest absolute Gasteiger partial charge is 0.494 e. The van der Waals surface area contributed by atoms with Crippen molar-refractivity contribution in [3.63, 3.8) is 0 Å². The molecule has 1 saturated heterocycles. The zero-order valence-electron chi connectivity index (χ0n) is 13.6. The van der Waals surface area contributed by atoms with Crippen molar-refractivity contribution in [3.8, 4) is 17.0 Å². The summed E-state index contributed by atoms with van der Waals surface area (Å²) in [6, 6.07) is 7.83. The van der Waals surface area contributed by atoms with Crippen LogP contribution < -0.4 is 15.4 Å². The van der Waals surface area contributed by atoms with Crippen molar-refractivity contribution in [3.05, 3.63) is 29.6 Å². The van der Waals surface area contributed by atoms with Crippen molar-refractivity contribution in [2.75, 3.05) is 25.0 Å². The maximum absolute atomic E-state index is 12.2. The Hall–Kier alpha value is -1.63. The highest BCUT2D eigenvalue weighted by Crippen LogP contribution is 2.27. The summed E-state index contributed by atoms with van der Waals surface area (Å²) < 4.78 is 5.44. The molecule has 0 spiro atoms. The number of halogens is 1. The van der Waals surface area contributed by atoms with E-state index in [1.165, 1.54) is 11.3 Å². The third kappa shape index (κ3) is 4.69. The van der Waals surface area contributed by atoms with E-state index in [1.807, 2.05) is 36.6 Å². The summed E-state index contributed by atoms with van der Waals surface area (Å²) in [5.74, 6) is 0.955. The van der Waals surface area contributed by atoms with Crippen LogP contribution in [0.4, 0.5) is 5.13 Å². The van der Waals surface area contributed by atoms with E-state index in [4.69, 9.17) is 4.74 Å². The molecular formula is C17H22ClN3O2S. The summed E-state index contributed by atoms with van der Waals surface area (Å²) in [6.07, 6.45) is 1.99. The van der Waals surface area contributed by atoms with E-state index in [1.54, 1.807) is 0 Å². The molecule has 1 unspecified atom stereocenters. The van der Waals surface area contributed by atoms with Gasteiger partial charge in [-0.3, -0.25) is 4.79 Å². The van der Waals surface area contributed by atoms with Crippen LogP contribution in [0.1, 0.15) is 19.8 Å². The van der Waals surface area contributed by atoms with E-state index < -0.39 is 0 Å². The van der Waals surface area contributed by atoms with Gasteiger partial charge in [-0.1, -0.05) is 0 Å². The minimum absolute atomic E-state index is 0. The third-order valence-electron chi connectivity index (χ3n) is 3.86. The Morgan fingerprint density at radius 1 is 1.42 bits per heavy atom. The predicted molar refractivity (Wildman–Crippen MR) is 100 cm³/mol. The molecule has 0 bridgehead atoms. The average molecular weight is 368 g/mol. The number of piperidine rings is 1. The predicted octanol–water partition coefficient (Wildman–Crippen LogP) is 3.57. The van der Waals surface area contributed by atoms with Gasteiger partial charge in [0.1, 0.15) is 5.75 Å². The Labute approximate surface area is 152 Å². The van der Waals surface area contributed by atoms with Crippen molar-refractivity contribution in [1.82, 2.24) is 10.3 Å². The molecule has 5 nitrogen and oxygen atoms in total. The topological polar surface area (TPSA) is 63.2 Å². The number of hydrogen-bond donors (Lipinski definition) is 2. The van der Waals surface area contributed by atoms with E-state index in [2.05, 4.69) is 15.6 Å². The third-order valence-corrected chi connectivity index (χ3v) is 4.62. The summed E-state index contributed by atoms with van der Waals surface area (Å²) >= 11 is 1.46. The van der Waals surface area contributed by atoms with Crippen LogP contribution in [0, 0.1) is 5.92 Å². The Morgan fingerprint density at radius 2 is 2.21 bits per heavy atom. The summed E-state index contributed by atoms with van der Waals surface area (Å²) in [5.41, 5.74) is 1.89. The van der Waals surface area contributed by atoms with Crippen LogP contribution in [0.15, 0.2) is 29.6 Å². The van der Waals surface area contributed by atoms with E-state index in [0.717, 1.165) is 42.9 Å². The van der Waals surface area contributed by atoms with Crippen molar-refractivity contribution < 1.29 is 9.53 Å². The average Bonchev–Trinajstić information content (AvgIpc) is 3.05. The normalized spacial score (nSPS) is 17.0. The Balaban J connectivity index is 0.00000208. The van der Waals surface area contributed by atoms with Crippen molar-refractivity contribution in [2.24, 2.45) is 5.92 Å². The summed E-state index contributed by atoms with van der Waals surface area (Å²) in [4.78, 5) is 16.7. The standard InChI is InChI=1S/C17H21N3O2S.ClH/c1-2-22-14-7-5-12(6-8-14)15-11-23-17(19-15)20-16(21)13-4-3-9-18-10-13;/h5-8,11,13,18H,2-4,9-10H2,1H3,(H,19,20,21);1H. The van der Waals surface area contributed by atoms with Crippen LogP contribution in [0.25, 0.3) is 11.3 Å². The SMILES string of the molecule is CCOc1ccc(-c2csc(NC(=O)C3CCCNC3)n2)cc1.Cl. The Bertz CT molecular complexity index is 654. The number of nitrogens with one attached hydrogen (secondary N) is 2. The molecule has 2 aromatic rings. The van der Waals surface area contributed by atoms with E-state index in [-0.39, 0.29) is 24.2 Å². The number of carbonyl (C=O) groups is 1. The number of hydrogen-bond acceptors (Lipinski definition) is 5. The molecule has 3 rings (SSSR count). The van der Waals surface area contributed by atoms with Crippen LogP contribution >= 0.6 is 23.7 Å². The first kappa shape index (κ1) is 18.7. The van der Waals surface area contributed by atoms with Crippen LogP contribution in [-0.2, 0) is 4.79 Å². The lowest BCUT2D eigenvalue weighted by molar-refractivity contribution is -0.120. The summed E-state index contributed by atoms with van der Waals surface area (Å²) in [7, 11) is 0. The lowest BCUT2D eigenvalue weighted by atomic mass is 9.99. The van der Waals surface area contributed by atoms with Gasteiger partial charge in [0, 0.05) is 17.5 Å². The number of rotatable bonds is 5. The first-order valence-corrected chi connectivity index (χ1v) is 8.84. The van der Waals surface area contributed by atoms with Crippen molar-refractivity contribution in [2.45, 2.75) is 19.8 Å². The Morgan fingerprint density at radius 3 is 2.88 bits per heavy atom. The molecule has 24 heavy (non-hydrogen) atoms. The van der Waals surface area contributed by atoms with Crippen LogP contribution in [0.2, 0.25) is 0 Å². The van der Waals surface area contributed by atoms with Gasteiger partial charge in [-0.05, 0) is 50.6 Å². The monoisotopic (exact) mass is 367 g/mol. The molecule has 1 fully saturated rings. The quantitative estimate of drug-likeness (QED) is 0.848. The van der Waals surface area contributed by atoms with Crippen LogP contribution in [0.3, 0.4) is 0 Å². The van der Waals surface area contributed by atoms with E-state index in [9.17, 15) is 4.79 Å². The molecular weight excluding hydrogens is 346 g/mol. The highest BCUT2D eigenvalue weighted by Gasteiger charge is 2.21. The van der Waals surface area contributed by atoms with Crippen LogP contribution in [0.5, 0.6) is 5.75 Å². The number of anilines is 1. The molecule has 0 saturated carbocycles. The zero-order valence-corrected chi connectivity index (χ0v) is 15.2. The number of ether oxygens (including phenoxy) is 1. The summed E-state index contributed by atoms with van der Waals surface area (Å²) in [6.45, 7) is 4.37. The summed E-state index contributed by atoms with van der Waals surface area (Å²) in [5, 5.41) is 8.82. The maximum atomic E-state index is 12.2. The molecule has 0 radical (unpaired) electrons. The van der Waals surface area contributed by atoms with Gasteiger partial charge >= 0.3 is 0 Å². The maximum Gasteiger partial charge on any atom is 0.230 e. The van der Waals surface area contributed by atoms with Crippen molar-refractivity contribution in [1.29, 1.82) is 0 Å². The number of nitrogens with zero attached hydrogens (tertiary/aromatic N) is 1. The molecule has 1 aliphatic rings. The number of amides is 1. The molecule has 2 heterocycles. The van der Waals surface area contributed by atoms with Gasteiger partial charge in [0.25, 0.3) is 0 Å². The molecule has 1 amide bonds. The fourth-order valence-electron chi connectivity index (χ4n) is 2.64. The fourth-order valence-corrected chi connectivity index (χ4v) is 3.36. The minimum atomic E-state index is 0. The number of thiazole rings is 1. The number of carbonyl (C=O) groups excluding carboxylic acids is 1. The van der Waals surface area contributed by atoms with Gasteiger partial charge in [-0.2, -0.15) is 0 Å². The highest BCUT2D eigenvalue weighted by molar-refractivity contribution is 7.14. The molecule has 2 N–H and O–H groups in total. The molecule has 130 valence electrons. The molecule has 1 aromatic heterocycles. The van der Waals surface area contributed by atoms with Gasteiger partial charge in [0.05, 0.1) is 18.2 Å². The first-order valence-electron chi connectivity index (χ1n) is 7.96.